The largest absolute Gasteiger partial charge is 0.390 e. The van der Waals surface area contributed by atoms with Gasteiger partial charge in [-0.05, 0) is 67.7 Å². The number of hydrogen-bond acceptors (Lipinski definition) is 5. The van der Waals surface area contributed by atoms with Crippen LogP contribution in [0, 0.1) is 11.3 Å². The molecule has 238 valence electrons. The van der Waals surface area contributed by atoms with Crippen LogP contribution in [-0.4, -0.2) is 79.1 Å². The first-order valence-corrected chi connectivity index (χ1v) is 15.7. The Labute approximate surface area is 245 Å². The highest BCUT2D eigenvalue weighted by Gasteiger charge is 2.65. The fraction of sp³-hybridized carbons (Fsp3) is 0.464. The molecule has 0 bridgehead atoms. The molecule has 1 aromatic carbocycles. The quantitative estimate of drug-likeness (QED) is 0.289. The molecule has 0 saturated carbocycles. The van der Waals surface area contributed by atoms with Gasteiger partial charge in [-0.25, -0.2) is 8.78 Å². The van der Waals surface area contributed by atoms with Crippen molar-refractivity contribution >= 4 is 27.8 Å². The van der Waals surface area contributed by atoms with Gasteiger partial charge in [0.1, 0.15) is 4.90 Å². The van der Waals surface area contributed by atoms with Crippen LogP contribution in [0.3, 0.4) is 0 Å². The monoisotopic (exact) mass is 637 g/mol. The van der Waals surface area contributed by atoms with Crippen molar-refractivity contribution in [3.8, 4) is 0 Å². The molecular weight excluding hydrogens is 603 g/mol. The molecule has 2 fully saturated rings. The maximum absolute atomic E-state index is 13.4. The summed E-state index contributed by atoms with van der Waals surface area (Å²) >= 11 is 0. The lowest BCUT2D eigenvalue weighted by Gasteiger charge is -2.40. The number of rotatable bonds is 9. The van der Waals surface area contributed by atoms with Crippen molar-refractivity contribution in [2.75, 3.05) is 45.8 Å². The summed E-state index contributed by atoms with van der Waals surface area (Å²) in [6.45, 7) is 3.38. The second-order valence-corrected chi connectivity index (χ2v) is 13.5. The van der Waals surface area contributed by atoms with Gasteiger partial charge in [0.25, 0.3) is 17.7 Å². The van der Waals surface area contributed by atoms with E-state index in [0.717, 1.165) is 12.1 Å². The van der Waals surface area contributed by atoms with Crippen LogP contribution >= 0.6 is 10.2 Å². The molecule has 15 heteroatoms. The van der Waals surface area contributed by atoms with Gasteiger partial charge in [0.05, 0.1) is 12.3 Å². The third-order valence-electron chi connectivity index (χ3n) is 7.82. The third-order valence-corrected chi connectivity index (χ3v) is 8.99. The van der Waals surface area contributed by atoms with E-state index in [1.165, 1.54) is 11.0 Å². The summed E-state index contributed by atoms with van der Waals surface area (Å²) < 4.78 is 91.5. The predicted molar refractivity (Wildman–Crippen MR) is 151 cm³/mol. The highest BCUT2D eigenvalue weighted by Crippen LogP contribution is 3.02. The average molecular weight is 638 g/mol. The average Bonchev–Trinajstić information content (AvgIpc) is 3.27. The molecule has 0 spiro atoms. The van der Waals surface area contributed by atoms with E-state index in [1.807, 2.05) is 0 Å². The second-order valence-electron chi connectivity index (χ2n) is 11.1. The molecule has 43 heavy (non-hydrogen) atoms. The summed E-state index contributed by atoms with van der Waals surface area (Å²) in [7, 11) is -9.81. The number of nitrogens with one attached hydrogen (secondary N) is 3. The van der Waals surface area contributed by atoms with Crippen LogP contribution in [0.15, 0.2) is 64.2 Å². The maximum Gasteiger partial charge on any atom is 0.310 e. The number of benzene rings is 1. The standard InChI is InChI=1S/C28H34F7N5O2S/c1-19-23(26(41)38-11-15-39-14-10-28(29,30)18-39)6-7-25(36)24(19)17-37-16-20-8-12-40(13-9-20)27(42)21-2-4-22(5-3-21)43(31,32,33,34)35/h2-7,17,20,36-37H,8-16,18H2,1H3,(H,38,41)/b24-17-,36-25?. The Morgan fingerprint density at radius 1 is 1.05 bits per heavy atom. The molecule has 2 aliphatic heterocycles. The first-order valence-electron chi connectivity index (χ1n) is 13.8. The highest BCUT2D eigenvalue weighted by molar-refractivity contribution is 8.45. The summed E-state index contributed by atoms with van der Waals surface area (Å²) in [5.74, 6) is -3.44. The van der Waals surface area contributed by atoms with Crippen LogP contribution in [-0.2, 0) is 4.79 Å². The predicted octanol–water partition coefficient (Wildman–Crippen LogP) is 6.03. The normalized spacial score (nSPS) is 22.5. The number of nitrogens with zero attached hydrogens (tertiary/aromatic N) is 2. The summed E-state index contributed by atoms with van der Waals surface area (Å²) in [5.41, 5.74) is 1.58. The van der Waals surface area contributed by atoms with Gasteiger partial charge in [0, 0.05) is 68.6 Å². The van der Waals surface area contributed by atoms with Gasteiger partial charge in [0.15, 0.2) is 0 Å². The molecule has 0 atom stereocenters. The van der Waals surface area contributed by atoms with Crippen molar-refractivity contribution in [1.82, 2.24) is 20.4 Å². The molecule has 2 saturated heterocycles. The van der Waals surface area contributed by atoms with E-state index in [-0.39, 0.29) is 61.3 Å². The van der Waals surface area contributed by atoms with Crippen LogP contribution in [0.25, 0.3) is 0 Å². The smallest absolute Gasteiger partial charge is 0.310 e. The van der Waals surface area contributed by atoms with Gasteiger partial charge in [-0.1, -0.05) is 19.4 Å². The van der Waals surface area contributed by atoms with E-state index in [1.54, 1.807) is 24.1 Å². The molecule has 4 rings (SSSR count). The lowest BCUT2D eigenvalue weighted by atomic mass is 9.92. The molecule has 0 radical (unpaired) electrons. The number of amides is 2. The highest BCUT2D eigenvalue weighted by atomic mass is 32.5. The molecule has 0 aromatic heterocycles. The third kappa shape index (κ3) is 8.40. The van der Waals surface area contributed by atoms with Crippen molar-refractivity contribution in [3.63, 3.8) is 0 Å². The zero-order chi connectivity index (χ0) is 31.7. The van der Waals surface area contributed by atoms with Crippen LogP contribution in [0.5, 0.6) is 0 Å². The molecule has 2 amide bonds. The van der Waals surface area contributed by atoms with E-state index >= 15 is 0 Å². The van der Waals surface area contributed by atoms with E-state index in [4.69, 9.17) is 5.41 Å². The first-order chi connectivity index (χ1) is 19.8. The molecule has 3 aliphatic rings. The minimum Gasteiger partial charge on any atom is -0.390 e. The van der Waals surface area contributed by atoms with Gasteiger partial charge in [-0.3, -0.25) is 14.5 Å². The molecule has 1 aromatic rings. The molecule has 3 N–H and O–H groups in total. The molecule has 1 aliphatic carbocycles. The molecular formula is C28H34F7N5O2S. The summed E-state index contributed by atoms with van der Waals surface area (Å²) in [6, 6.07) is 2.01. The van der Waals surface area contributed by atoms with E-state index in [9.17, 15) is 37.8 Å². The fourth-order valence-corrected chi connectivity index (χ4v) is 5.94. The SMILES string of the molecule is CC1=C(C(=O)NCCN2CCC(F)(F)C2)C=CC(=N)/C1=C\NCC1CCN(C(=O)c2ccc(S(F)(F)(F)(F)F)cc2)CC1. The fourth-order valence-electron chi connectivity index (χ4n) is 5.29. The Balaban J connectivity index is 1.26. The van der Waals surface area contributed by atoms with Gasteiger partial charge in [-0.2, -0.15) is 0 Å². The van der Waals surface area contributed by atoms with E-state index < -0.39 is 26.9 Å². The lowest BCUT2D eigenvalue weighted by Crippen LogP contribution is -2.40. The minimum atomic E-state index is -9.81. The van der Waals surface area contributed by atoms with Crippen LogP contribution < -0.4 is 10.6 Å². The Hall–Kier alpha value is -3.33. The molecule has 2 heterocycles. The Morgan fingerprint density at radius 2 is 1.70 bits per heavy atom. The van der Waals surface area contributed by atoms with Crippen molar-refractivity contribution in [2.45, 2.75) is 37.0 Å². The number of carbonyl (C=O) groups excluding carboxylic acids is 2. The van der Waals surface area contributed by atoms with Gasteiger partial charge >= 0.3 is 10.2 Å². The van der Waals surface area contributed by atoms with Gasteiger partial charge < -0.3 is 20.9 Å². The van der Waals surface area contributed by atoms with E-state index in [2.05, 4.69) is 10.6 Å². The number of halogens is 7. The zero-order valence-electron chi connectivity index (χ0n) is 23.5. The summed E-state index contributed by atoms with van der Waals surface area (Å²) in [6.07, 6.45) is 5.69. The first kappa shape index (κ1) is 32.6. The number of hydrogen-bond donors (Lipinski definition) is 3. The Kier molecular flexibility index (Phi) is 8.57. The maximum atomic E-state index is 13.4. The number of allylic oxidation sites excluding steroid dienone is 3. The number of alkyl halides is 2. The topological polar surface area (TPSA) is 88.5 Å². The Bertz CT molecular complexity index is 1370. The summed E-state index contributed by atoms with van der Waals surface area (Å²) in [4.78, 5) is 26.5. The van der Waals surface area contributed by atoms with Gasteiger partial charge in [-0.15, -0.1) is 0 Å². The minimum absolute atomic E-state index is 0.101. The molecule has 7 nitrogen and oxygen atoms in total. The second kappa shape index (κ2) is 11.3. The summed E-state index contributed by atoms with van der Waals surface area (Å²) in [5, 5.41) is 14.2. The van der Waals surface area contributed by atoms with E-state index in [0.29, 0.717) is 55.7 Å². The number of likely N-dealkylation sites (tertiary alicyclic amines) is 2. The van der Waals surface area contributed by atoms with Gasteiger partial charge in [0.2, 0.25) is 0 Å². The van der Waals surface area contributed by atoms with Crippen molar-refractivity contribution in [3.05, 3.63) is 64.9 Å². The van der Waals surface area contributed by atoms with Crippen molar-refractivity contribution in [2.24, 2.45) is 5.92 Å². The zero-order valence-corrected chi connectivity index (χ0v) is 24.3. The molecule has 0 unspecified atom stereocenters. The van der Waals surface area contributed by atoms with Crippen molar-refractivity contribution < 1.29 is 37.8 Å². The number of carbonyl (C=O) groups is 2. The Morgan fingerprint density at radius 3 is 2.28 bits per heavy atom. The number of piperidine rings is 1. The van der Waals surface area contributed by atoms with Crippen LogP contribution in [0.2, 0.25) is 0 Å². The lowest BCUT2D eigenvalue weighted by molar-refractivity contribution is -0.117. The van der Waals surface area contributed by atoms with Crippen LogP contribution in [0.4, 0.5) is 28.2 Å². The van der Waals surface area contributed by atoms with Crippen molar-refractivity contribution in [1.29, 1.82) is 5.41 Å². The van der Waals surface area contributed by atoms with Crippen LogP contribution in [0.1, 0.15) is 36.5 Å².